The zero-order valence-electron chi connectivity index (χ0n) is 9.04. The van der Waals surface area contributed by atoms with Gasteiger partial charge in [-0.3, -0.25) is 4.98 Å². The van der Waals surface area contributed by atoms with E-state index >= 15 is 0 Å². The van der Waals surface area contributed by atoms with E-state index in [1.54, 1.807) is 12.4 Å². The molecule has 2 rings (SSSR count). The SMILES string of the molecule is O=S(O)Cc1cccc(Nc2ccncc2)c1. The van der Waals surface area contributed by atoms with Crippen LogP contribution >= 0.6 is 0 Å². The number of hydrogen-bond acceptors (Lipinski definition) is 3. The van der Waals surface area contributed by atoms with Gasteiger partial charge in [0.25, 0.3) is 0 Å². The van der Waals surface area contributed by atoms with E-state index in [1.807, 2.05) is 36.4 Å². The molecule has 2 N–H and O–H groups in total. The molecule has 0 spiro atoms. The number of benzene rings is 1. The molecule has 2 aromatic rings. The topological polar surface area (TPSA) is 62.2 Å². The molecule has 5 heteroatoms. The Morgan fingerprint density at radius 1 is 1.18 bits per heavy atom. The van der Waals surface area contributed by atoms with E-state index in [0.717, 1.165) is 16.9 Å². The summed E-state index contributed by atoms with van der Waals surface area (Å²) in [5.74, 6) is 0.145. The van der Waals surface area contributed by atoms with E-state index in [9.17, 15) is 4.21 Å². The lowest BCUT2D eigenvalue weighted by molar-refractivity contribution is 0.563. The first kappa shape index (κ1) is 11.8. The predicted octanol–water partition coefficient (Wildman–Crippen LogP) is 2.55. The normalized spacial score (nSPS) is 12.1. The summed E-state index contributed by atoms with van der Waals surface area (Å²) in [6, 6.07) is 11.2. The van der Waals surface area contributed by atoms with Gasteiger partial charge in [0.15, 0.2) is 11.1 Å². The quantitative estimate of drug-likeness (QED) is 0.816. The van der Waals surface area contributed by atoms with Gasteiger partial charge >= 0.3 is 0 Å². The largest absolute Gasteiger partial charge is 0.355 e. The Bertz CT molecular complexity index is 517. The maximum atomic E-state index is 10.7. The highest BCUT2D eigenvalue weighted by molar-refractivity contribution is 7.78. The van der Waals surface area contributed by atoms with Crippen molar-refractivity contribution in [2.24, 2.45) is 0 Å². The number of hydrogen-bond donors (Lipinski definition) is 2. The van der Waals surface area contributed by atoms with Gasteiger partial charge in [-0.15, -0.1) is 0 Å². The highest BCUT2D eigenvalue weighted by atomic mass is 32.2. The average Bonchev–Trinajstić information content (AvgIpc) is 2.30. The van der Waals surface area contributed by atoms with Crippen molar-refractivity contribution < 1.29 is 8.76 Å². The molecule has 0 aliphatic heterocycles. The first-order chi connectivity index (χ1) is 8.24. The minimum atomic E-state index is -1.81. The summed E-state index contributed by atoms with van der Waals surface area (Å²) in [6.07, 6.45) is 3.41. The molecule has 4 nitrogen and oxygen atoms in total. The van der Waals surface area contributed by atoms with Gasteiger partial charge < -0.3 is 9.87 Å². The van der Waals surface area contributed by atoms with Gasteiger partial charge in [0.1, 0.15) is 0 Å². The Labute approximate surface area is 102 Å². The summed E-state index contributed by atoms with van der Waals surface area (Å²) in [6.45, 7) is 0. The van der Waals surface area contributed by atoms with Crippen molar-refractivity contribution in [3.05, 3.63) is 54.4 Å². The fourth-order valence-corrected chi connectivity index (χ4v) is 1.95. The third-order valence-electron chi connectivity index (χ3n) is 2.19. The molecule has 0 fully saturated rings. The molecule has 88 valence electrons. The first-order valence-electron chi connectivity index (χ1n) is 5.07. The number of anilines is 2. The van der Waals surface area contributed by atoms with Gasteiger partial charge in [0.2, 0.25) is 0 Å². The Morgan fingerprint density at radius 2 is 1.94 bits per heavy atom. The second kappa shape index (κ2) is 5.56. The van der Waals surface area contributed by atoms with Crippen LogP contribution in [0, 0.1) is 0 Å². The third kappa shape index (κ3) is 3.65. The first-order valence-corrected chi connectivity index (χ1v) is 6.35. The molecule has 0 saturated heterocycles. The molecular weight excluding hydrogens is 236 g/mol. The lowest BCUT2D eigenvalue weighted by atomic mass is 10.2. The van der Waals surface area contributed by atoms with E-state index in [1.165, 1.54) is 0 Å². The van der Waals surface area contributed by atoms with Crippen LogP contribution in [0.5, 0.6) is 0 Å². The van der Waals surface area contributed by atoms with Gasteiger partial charge in [-0.05, 0) is 29.8 Å². The predicted molar refractivity (Wildman–Crippen MR) is 68.4 cm³/mol. The van der Waals surface area contributed by atoms with Crippen LogP contribution in [0.2, 0.25) is 0 Å². The Kier molecular flexibility index (Phi) is 3.85. The van der Waals surface area contributed by atoms with Crippen LogP contribution in [0.25, 0.3) is 0 Å². The Morgan fingerprint density at radius 3 is 2.65 bits per heavy atom. The van der Waals surface area contributed by atoms with Crippen molar-refractivity contribution >= 4 is 22.5 Å². The molecule has 1 heterocycles. The van der Waals surface area contributed by atoms with Crippen LogP contribution in [0.3, 0.4) is 0 Å². The summed E-state index contributed by atoms with van der Waals surface area (Å²) in [5, 5.41) is 3.20. The highest BCUT2D eigenvalue weighted by Gasteiger charge is 2.00. The molecular formula is C12H12N2O2S. The molecule has 0 aliphatic carbocycles. The van der Waals surface area contributed by atoms with Crippen LogP contribution in [0.1, 0.15) is 5.56 Å². The van der Waals surface area contributed by atoms with Crippen molar-refractivity contribution in [2.75, 3.05) is 5.32 Å². The number of aromatic nitrogens is 1. The fourth-order valence-electron chi connectivity index (χ4n) is 1.48. The standard InChI is InChI=1S/C12H12N2O2S/c15-17(16)9-10-2-1-3-12(8-10)14-11-4-6-13-7-5-11/h1-8H,9H2,(H,13,14)(H,15,16). The molecule has 1 atom stereocenters. The third-order valence-corrected chi connectivity index (χ3v) is 2.77. The van der Waals surface area contributed by atoms with Gasteiger partial charge in [-0.2, -0.15) is 0 Å². The smallest absolute Gasteiger partial charge is 0.157 e. The highest BCUT2D eigenvalue weighted by Crippen LogP contribution is 2.17. The zero-order chi connectivity index (χ0) is 12.1. The lowest BCUT2D eigenvalue weighted by Gasteiger charge is -2.07. The van der Waals surface area contributed by atoms with E-state index in [4.69, 9.17) is 4.55 Å². The summed E-state index contributed by atoms with van der Waals surface area (Å²) in [4.78, 5) is 3.93. The Hall–Kier alpha value is -1.72. The van der Waals surface area contributed by atoms with Gasteiger partial charge in [0.05, 0.1) is 5.75 Å². The molecule has 0 aliphatic rings. The molecule has 1 unspecified atom stereocenters. The van der Waals surface area contributed by atoms with Crippen LogP contribution in [-0.2, 0) is 16.8 Å². The second-order valence-electron chi connectivity index (χ2n) is 3.53. The lowest BCUT2D eigenvalue weighted by Crippen LogP contribution is -1.95. The number of rotatable bonds is 4. The molecule has 1 aromatic carbocycles. The monoisotopic (exact) mass is 248 g/mol. The van der Waals surface area contributed by atoms with Crippen LogP contribution in [0.4, 0.5) is 11.4 Å². The molecule has 0 amide bonds. The molecule has 0 saturated carbocycles. The van der Waals surface area contributed by atoms with E-state index in [2.05, 4.69) is 10.3 Å². The summed E-state index contributed by atoms with van der Waals surface area (Å²) < 4.78 is 19.6. The van der Waals surface area contributed by atoms with E-state index in [-0.39, 0.29) is 5.75 Å². The van der Waals surface area contributed by atoms with Crippen LogP contribution < -0.4 is 5.32 Å². The summed E-state index contributed by atoms with van der Waals surface area (Å²) in [5.41, 5.74) is 2.64. The van der Waals surface area contributed by atoms with E-state index < -0.39 is 11.1 Å². The van der Waals surface area contributed by atoms with E-state index in [0.29, 0.717) is 0 Å². The second-order valence-corrected chi connectivity index (χ2v) is 4.46. The maximum absolute atomic E-state index is 10.7. The minimum Gasteiger partial charge on any atom is -0.355 e. The van der Waals surface area contributed by atoms with Crippen molar-refractivity contribution in [3.63, 3.8) is 0 Å². The van der Waals surface area contributed by atoms with Crippen molar-refractivity contribution in [3.8, 4) is 0 Å². The van der Waals surface area contributed by atoms with Gasteiger partial charge in [-0.25, -0.2) is 4.21 Å². The van der Waals surface area contributed by atoms with Crippen LogP contribution in [-0.4, -0.2) is 13.7 Å². The Balaban J connectivity index is 2.14. The number of nitrogens with zero attached hydrogens (tertiary/aromatic N) is 1. The number of pyridine rings is 1. The van der Waals surface area contributed by atoms with Gasteiger partial charge in [-0.1, -0.05) is 12.1 Å². The van der Waals surface area contributed by atoms with Crippen molar-refractivity contribution in [1.29, 1.82) is 0 Å². The zero-order valence-corrected chi connectivity index (χ0v) is 9.85. The minimum absolute atomic E-state index is 0.145. The maximum Gasteiger partial charge on any atom is 0.157 e. The molecule has 0 radical (unpaired) electrons. The molecule has 0 bridgehead atoms. The summed E-state index contributed by atoms with van der Waals surface area (Å²) >= 11 is -1.81. The molecule has 1 aromatic heterocycles. The fraction of sp³-hybridized carbons (Fsp3) is 0.0833. The average molecular weight is 248 g/mol. The molecule has 17 heavy (non-hydrogen) atoms. The summed E-state index contributed by atoms with van der Waals surface area (Å²) in [7, 11) is 0. The number of nitrogens with one attached hydrogen (secondary N) is 1. The van der Waals surface area contributed by atoms with Crippen LogP contribution in [0.15, 0.2) is 48.8 Å². The van der Waals surface area contributed by atoms with Crippen molar-refractivity contribution in [1.82, 2.24) is 4.98 Å². The van der Waals surface area contributed by atoms with Crippen molar-refractivity contribution in [2.45, 2.75) is 5.75 Å². The van der Waals surface area contributed by atoms with Gasteiger partial charge in [0, 0.05) is 23.8 Å².